The number of rotatable bonds is 7. The zero-order valence-corrected chi connectivity index (χ0v) is 17.7. The first-order chi connectivity index (χ1) is 15.6. The highest BCUT2D eigenvalue weighted by Gasteiger charge is 2.30. The van der Waals surface area contributed by atoms with Crippen molar-refractivity contribution in [1.29, 1.82) is 5.41 Å². The predicted molar refractivity (Wildman–Crippen MR) is 123 cm³/mol. The van der Waals surface area contributed by atoms with Crippen LogP contribution >= 0.6 is 0 Å². The van der Waals surface area contributed by atoms with E-state index < -0.39 is 0 Å². The summed E-state index contributed by atoms with van der Waals surface area (Å²) < 4.78 is 5.99. The highest BCUT2D eigenvalue weighted by molar-refractivity contribution is 5.92. The van der Waals surface area contributed by atoms with E-state index in [1.165, 1.54) is 6.21 Å². The molecule has 0 unspecified atom stereocenters. The average molecular weight is 432 g/mol. The fourth-order valence-corrected chi connectivity index (χ4v) is 3.69. The van der Waals surface area contributed by atoms with Gasteiger partial charge in [-0.25, -0.2) is 9.78 Å². The Morgan fingerprint density at radius 2 is 2.09 bits per heavy atom. The number of aryl methyl sites for hydroxylation is 1. The number of aromatic nitrogens is 3. The Balaban J connectivity index is 1.38. The first kappa shape index (κ1) is 21.2. The summed E-state index contributed by atoms with van der Waals surface area (Å²) in [4.78, 5) is 25.1. The lowest BCUT2D eigenvalue weighted by atomic mass is 10.2. The number of nitrogens with one attached hydrogen (secondary N) is 4. The van der Waals surface area contributed by atoms with Gasteiger partial charge in [0.25, 0.3) is 0 Å². The molecule has 3 aromatic heterocycles. The Kier molecular flexibility index (Phi) is 6.54. The predicted octanol–water partition coefficient (Wildman–Crippen LogP) is 4.04. The molecule has 1 saturated carbocycles. The third-order valence-corrected chi connectivity index (χ3v) is 5.20. The van der Waals surface area contributed by atoms with E-state index in [1.54, 1.807) is 30.9 Å². The fraction of sp³-hybridized carbons (Fsp3) is 0.261. The molecule has 0 aromatic carbocycles. The molecule has 0 saturated heterocycles. The summed E-state index contributed by atoms with van der Waals surface area (Å²) in [5.41, 5.74) is 2.99. The molecule has 9 heteroatoms. The zero-order chi connectivity index (χ0) is 22.3. The minimum Gasteiger partial charge on any atom is -0.487 e. The average Bonchev–Trinajstić information content (AvgIpc) is 3.21. The molecule has 3 heterocycles. The molecule has 1 aliphatic carbocycles. The van der Waals surface area contributed by atoms with Crippen LogP contribution in [0.3, 0.4) is 0 Å². The number of carbonyl (C=O) groups excluding carboxylic acids is 1. The Morgan fingerprint density at radius 1 is 1.19 bits per heavy atom. The molecular weight excluding hydrogens is 406 g/mol. The Morgan fingerprint density at radius 3 is 2.88 bits per heavy atom. The van der Waals surface area contributed by atoms with E-state index in [2.05, 4.69) is 30.9 Å². The number of ether oxygens (including phenoxy) is 1. The summed E-state index contributed by atoms with van der Waals surface area (Å²) in [5.74, 6) is 1.05. The van der Waals surface area contributed by atoms with Crippen molar-refractivity contribution in [3.8, 4) is 5.75 Å². The Labute approximate surface area is 186 Å². The van der Waals surface area contributed by atoms with E-state index in [-0.39, 0.29) is 18.2 Å². The molecule has 0 spiro atoms. The van der Waals surface area contributed by atoms with Gasteiger partial charge in [0, 0.05) is 35.6 Å². The summed E-state index contributed by atoms with van der Waals surface area (Å²) in [6.07, 6.45) is 10.5. The van der Waals surface area contributed by atoms with Crippen LogP contribution in [0.4, 0.5) is 22.0 Å². The number of hydrogen-bond acceptors (Lipinski definition) is 7. The number of amides is 2. The molecular formula is C23H25N7O2. The van der Waals surface area contributed by atoms with Crippen molar-refractivity contribution in [2.75, 3.05) is 10.6 Å². The molecule has 3 aromatic rings. The summed E-state index contributed by atoms with van der Waals surface area (Å²) in [5, 5.41) is 16.7. The Bertz CT molecular complexity index is 1090. The van der Waals surface area contributed by atoms with E-state index in [0.717, 1.165) is 30.6 Å². The van der Waals surface area contributed by atoms with E-state index >= 15 is 0 Å². The third kappa shape index (κ3) is 5.37. The van der Waals surface area contributed by atoms with Crippen LogP contribution in [-0.4, -0.2) is 39.3 Å². The standard InChI is InChI=1S/C23H25N7O2/c1-15-10-17(7-9-26-15)28-20-14-27-22(11-16(20)12-24)30-23(31)29-19-5-2-6-21(19)32-18-4-3-8-25-13-18/h3-4,7-14,19,21,24H,2,5-6H2,1H3,(H,26,28)(H2,27,29,30,31)/t19-,21-/m0/s1. The molecule has 0 bridgehead atoms. The molecule has 1 aliphatic rings. The van der Waals surface area contributed by atoms with Crippen LogP contribution in [0.25, 0.3) is 0 Å². The van der Waals surface area contributed by atoms with Crippen molar-refractivity contribution in [2.45, 2.75) is 38.3 Å². The largest absolute Gasteiger partial charge is 0.487 e. The normalized spacial score (nSPS) is 17.4. The van der Waals surface area contributed by atoms with Gasteiger partial charge in [0.2, 0.25) is 0 Å². The molecule has 9 nitrogen and oxygen atoms in total. The van der Waals surface area contributed by atoms with Crippen molar-refractivity contribution in [1.82, 2.24) is 20.3 Å². The van der Waals surface area contributed by atoms with Gasteiger partial charge in [-0.1, -0.05) is 0 Å². The number of anilines is 3. The molecule has 0 aliphatic heterocycles. The number of hydrogen-bond donors (Lipinski definition) is 4. The molecule has 32 heavy (non-hydrogen) atoms. The maximum absolute atomic E-state index is 12.6. The van der Waals surface area contributed by atoms with Gasteiger partial charge < -0.3 is 20.8 Å². The minimum atomic E-state index is -0.356. The topological polar surface area (TPSA) is 125 Å². The van der Waals surface area contributed by atoms with E-state index in [1.807, 2.05) is 31.2 Å². The van der Waals surface area contributed by atoms with Gasteiger partial charge in [0.1, 0.15) is 17.7 Å². The van der Waals surface area contributed by atoms with Crippen LogP contribution < -0.4 is 20.7 Å². The maximum atomic E-state index is 12.6. The smallest absolute Gasteiger partial charge is 0.320 e. The highest BCUT2D eigenvalue weighted by Crippen LogP contribution is 2.25. The second-order valence-corrected chi connectivity index (χ2v) is 7.59. The van der Waals surface area contributed by atoms with Gasteiger partial charge in [0.15, 0.2) is 0 Å². The van der Waals surface area contributed by atoms with Gasteiger partial charge in [-0.3, -0.25) is 15.3 Å². The molecule has 164 valence electrons. The van der Waals surface area contributed by atoms with Crippen molar-refractivity contribution >= 4 is 29.4 Å². The van der Waals surface area contributed by atoms with Gasteiger partial charge in [-0.05, 0) is 56.5 Å². The van der Waals surface area contributed by atoms with Crippen LogP contribution in [0, 0.1) is 12.3 Å². The lowest BCUT2D eigenvalue weighted by Gasteiger charge is -2.22. The summed E-state index contributed by atoms with van der Waals surface area (Å²) in [6.45, 7) is 1.91. The fourth-order valence-electron chi connectivity index (χ4n) is 3.69. The summed E-state index contributed by atoms with van der Waals surface area (Å²) in [6, 6.07) is 8.61. The van der Waals surface area contributed by atoms with Crippen molar-refractivity contribution < 1.29 is 9.53 Å². The van der Waals surface area contributed by atoms with Crippen LogP contribution in [0.15, 0.2) is 55.1 Å². The van der Waals surface area contributed by atoms with Gasteiger partial charge in [0.05, 0.1) is 24.1 Å². The van der Waals surface area contributed by atoms with Crippen LogP contribution in [0.2, 0.25) is 0 Å². The number of urea groups is 1. The lowest BCUT2D eigenvalue weighted by molar-refractivity contribution is 0.174. The summed E-state index contributed by atoms with van der Waals surface area (Å²) >= 11 is 0. The third-order valence-electron chi connectivity index (χ3n) is 5.20. The molecule has 2 amide bonds. The van der Waals surface area contributed by atoms with Crippen LogP contribution in [0.1, 0.15) is 30.5 Å². The van der Waals surface area contributed by atoms with Crippen molar-refractivity contribution in [3.63, 3.8) is 0 Å². The monoisotopic (exact) mass is 431 g/mol. The summed E-state index contributed by atoms with van der Waals surface area (Å²) in [7, 11) is 0. The Hall–Kier alpha value is -4.01. The van der Waals surface area contributed by atoms with Gasteiger partial charge >= 0.3 is 6.03 Å². The van der Waals surface area contributed by atoms with E-state index in [0.29, 0.717) is 22.8 Å². The molecule has 4 rings (SSSR count). The number of carbonyl (C=O) groups is 1. The molecule has 1 fully saturated rings. The van der Waals surface area contributed by atoms with Gasteiger partial charge in [-0.15, -0.1) is 0 Å². The van der Waals surface area contributed by atoms with Crippen molar-refractivity contribution in [2.24, 2.45) is 0 Å². The molecule has 4 N–H and O–H groups in total. The number of nitrogens with zero attached hydrogens (tertiary/aromatic N) is 3. The van der Waals surface area contributed by atoms with E-state index in [4.69, 9.17) is 10.1 Å². The lowest BCUT2D eigenvalue weighted by Crippen LogP contribution is -2.44. The minimum absolute atomic E-state index is 0.103. The molecule has 2 atom stereocenters. The number of pyridine rings is 3. The SMILES string of the molecule is Cc1cc(Nc2cnc(NC(=O)N[C@H]3CCC[C@@H]3Oc3cccnc3)cc2C=N)ccn1. The second kappa shape index (κ2) is 9.86. The quantitative estimate of drug-likeness (QED) is 0.418. The van der Waals surface area contributed by atoms with Crippen LogP contribution in [0.5, 0.6) is 5.75 Å². The second-order valence-electron chi connectivity index (χ2n) is 7.59. The first-order valence-corrected chi connectivity index (χ1v) is 10.4. The first-order valence-electron chi connectivity index (χ1n) is 10.4. The van der Waals surface area contributed by atoms with E-state index in [9.17, 15) is 4.79 Å². The molecule has 0 radical (unpaired) electrons. The zero-order valence-electron chi connectivity index (χ0n) is 17.7. The van der Waals surface area contributed by atoms with Crippen LogP contribution in [-0.2, 0) is 0 Å². The van der Waals surface area contributed by atoms with Crippen molar-refractivity contribution in [3.05, 3.63) is 66.4 Å². The maximum Gasteiger partial charge on any atom is 0.320 e. The highest BCUT2D eigenvalue weighted by atomic mass is 16.5. The van der Waals surface area contributed by atoms with Gasteiger partial charge in [-0.2, -0.15) is 0 Å².